The SMILES string of the molecule is CCN(CC(=O)OC)C(=O)Cc1c(C)cc(C)cc1C#N. The molecule has 0 aromatic heterocycles. The zero-order chi connectivity index (χ0) is 16.0. The van der Waals surface area contributed by atoms with Crippen LogP contribution in [0.1, 0.15) is 29.2 Å². The number of likely N-dealkylation sites (N-methyl/N-ethyl adjacent to an activating group) is 1. The fourth-order valence-corrected chi connectivity index (χ4v) is 2.19. The summed E-state index contributed by atoms with van der Waals surface area (Å²) in [4.78, 5) is 25.0. The maximum absolute atomic E-state index is 12.3. The number of esters is 1. The molecule has 0 heterocycles. The van der Waals surface area contributed by atoms with E-state index < -0.39 is 5.97 Å². The Labute approximate surface area is 125 Å². The Kier molecular flexibility index (Phi) is 5.92. The Morgan fingerprint density at radius 3 is 2.52 bits per heavy atom. The molecule has 1 amide bonds. The van der Waals surface area contributed by atoms with Crippen LogP contribution in [0.3, 0.4) is 0 Å². The monoisotopic (exact) mass is 288 g/mol. The summed E-state index contributed by atoms with van der Waals surface area (Å²) < 4.78 is 4.58. The molecular formula is C16H20N2O3. The van der Waals surface area contributed by atoms with Gasteiger partial charge in [0, 0.05) is 6.54 Å². The van der Waals surface area contributed by atoms with Crippen molar-refractivity contribution in [2.24, 2.45) is 0 Å². The van der Waals surface area contributed by atoms with Gasteiger partial charge in [-0.1, -0.05) is 6.07 Å². The van der Waals surface area contributed by atoms with Gasteiger partial charge in [0.15, 0.2) is 0 Å². The Morgan fingerprint density at radius 1 is 1.33 bits per heavy atom. The van der Waals surface area contributed by atoms with E-state index in [9.17, 15) is 14.9 Å². The van der Waals surface area contributed by atoms with Gasteiger partial charge in [0.2, 0.25) is 5.91 Å². The lowest BCUT2D eigenvalue weighted by atomic mass is 9.96. The predicted molar refractivity (Wildman–Crippen MR) is 78.6 cm³/mol. The van der Waals surface area contributed by atoms with Gasteiger partial charge in [0.1, 0.15) is 6.54 Å². The summed E-state index contributed by atoms with van der Waals surface area (Å²) in [7, 11) is 1.29. The number of methoxy groups -OCH3 is 1. The second kappa shape index (κ2) is 7.44. The number of amides is 1. The Hall–Kier alpha value is -2.35. The van der Waals surface area contributed by atoms with E-state index in [0.717, 1.165) is 16.7 Å². The number of carbonyl (C=O) groups excluding carboxylic acids is 2. The van der Waals surface area contributed by atoms with Crippen LogP contribution in [0, 0.1) is 25.2 Å². The Balaban J connectivity index is 2.97. The summed E-state index contributed by atoms with van der Waals surface area (Å²) in [5, 5.41) is 9.21. The van der Waals surface area contributed by atoms with Gasteiger partial charge in [-0.15, -0.1) is 0 Å². The van der Waals surface area contributed by atoms with Crippen molar-refractivity contribution in [3.05, 3.63) is 34.4 Å². The lowest BCUT2D eigenvalue weighted by Crippen LogP contribution is -2.37. The van der Waals surface area contributed by atoms with Crippen LogP contribution in [-0.4, -0.2) is 37.0 Å². The first-order valence-corrected chi connectivity index (χ1v) is 6.77. The van der Waals surface area contributed by atoms with Crippen LogP contribution < -0.4 is 0 Å². The third kappa shape index (κ3) is 4.32. The summed E-state index contributed by atoms with van der Waals surface area (Å²) in [6.45, 7) is 5.94. The second-order valence-electron chi connectivity index (χ2n) is 4.88. The first-order valence-electron chi connectivity index (χ1n) is 6.77. The molecule has 1 aromatic carbocycles. The number of hydrogen-bond acceptors (Lipinski definition) is 4. The maximum atomic E-state index is 12.3. The molecule has 0 atom stereocenters. The third-order valence-corrected chi connectivity index (χ3v) is 3.35. The molecule has 21 heavy (non-hydrogen) atoms. The molecule has 0 aliphatic carbocycles. The van der Waals surface area contributed by atoms with Gasteiger partial charge in [-0.05, 0) is 43.5 Å². The van der Waals surface area contributed by atoms with E-state index in [1.807, 2.05) is 19.9 Å². The minimum absolute atomic E-state index is 0.0708. The Morgan fingerprint density at radius 2 is 2.00 bits per heavy atom. The van der Waals surface area contributed by atoms with E-state index in [2.05, 4.69) is 10.8 Å². The van der Waals surface area contributed by atoms with Crippen molar-refractivity contribution in [1.29, 1.82) is 5.26 Å². The first-order chi connectivity index (χ1) is 9.92. The zero-order valence-corrected chi connectivity index (χ0v) is 12.9. The van der Waals surface area contributed by atoms with Gasteiger partial charge in [0.25, 0.3) is 0 Å². The average Bonchev–Trinajstić information content (AvgIpc) is 2.46. The van der Waals surface area contributed by atoms with Gasteiger partial charge < -0.3 is 9.64 Å². The number of benzene rings is 1. The van der Waals surface area contributed by atoms with Gasteiger partial charge in [0.05, 0.1) is 25.2 Å². The number of nitriles is 1. The van der Waals surface area contributed by atoms with Crippen LogP contribution in [0.25, 0.3) is 0 Å². The predicted octanol–water partition coefficient (Wildman–Crippen LogP) is 1.74. The number of aryl methyl sites for hydroxylation is 2. The molecule has 0 unspecified atom stereocenters. The molecule has 0 aliphatic rings. The lowest BCUT2D eigenvalue weighted by Gasteiger charge is -2.20. The van der Waals surface area contributed by atoms with Crippen molar-refractivity contribution < 1.29 is 14.3 Å². The van der Waals surface area contributed by atoms with Crippen LogP contribution in [-0.2, 0) is 20.7 Å². The highest BCUT2D eigenvalue weighted by molar-refractivity contribution is 5.84. The smallest absolute Gasteiger partial charge is 0.325 e. The van der Waals surface area contributed by atoms with E-state index in [4.69, 9.17) is 0 Å². The van der Waals surface area contributed by atoms with E-state index >= 15 is 0 Å². The molecule has 0 radical (unpaired) electrons. The fraction of sp³-hybridized carbons (Fsp3) is 0.438. The standard InChI is InChI=1S/C16H20N2O3/c1-5-18(10-16(20)21-4)15(19)8-14-12(3)6-11(2)7-13(14)9-17/h6-7H,5,8,10H2,1-4H3. The largest absolute Gasteiger partial charge is 0.468 e. The van der Waals surface area contributed by atoms with Gasteiger partial charge >= 0.3 is 5.97 Å². The molecule has 1 rings (SSSR count). The van der Waals surface area contributed by atoms with Crippen molar-refractivity contribution in [2.45, 2.75) is 27.2 Å². The highest BCUT2D eigenvalue weighted by Crippen LogP contribution is 2.18. The molecule has 5 nitrogen and oxygen atoms in total. The molecule has 0 saturated heterocycles. The third-order valence-electron chi connectivity index (χ3n) is 3.35. The van der Waals surface area contributed by atoms with Crippen LogP contribution in [0.15, 0.2) is 12.1 Å². The van der Waals surface area contributed by atoms with Gasteiger partial charge in [-0.25, -0.2) is 0 Å². The van der Waals surface area contributed by atoms with Crippen molar-refractivity contribution in [1.82, 2.24) is 4.90 Å². The van der Waals surface area contributed by atoms with E-state index in [1.54, 1.807) is 13.0 Å². The topological polar surface area (TPSA) is 70.4 Å². The van der Waals surface area contributed by atoms with Crippen molar-refractivity contribution >= 4 is 11.9 Å². The first kappa shape index (κ1) is 16.7. The molecule has 112 valence electrons. The van der Waals surface area contributed by atoms with Crippen molar-refractivity contribution in [3.8, 4) is 6.07 Å². The van der Waals surface area contributed by atoms with Crippen LogP contribution in [0.4, 0.5) is 0 Å². The zero-order valence-electron chi connectivity index (χ0n) is 12.9. The summed E-state index contributed by atoms with van der Waals surface area (Å²) in [6, 6.07) is 5.84. The molecular weight excluding hydrogens is 268 g/mol. The molecule has 0 spiro atoms. The quantitative estimate of drug-likeness (QED) is 0.774. The van der Waals surface area contributed by atoms with Crippen LogP contribution in [0.2, 0.25) is 0 Å². The van der Waals surface area contributed by atoms with Crippen molar-refractivity contribution in [2.75, 3.05) is 20.2 Å². The number of carbonyl (C=O) groups is 2. The minimum Gasteiger partial charge on any atom is -0.468 e. The summed E-state index contributed by atoms with van der Waals surface area (Å²) >= 11 is 0. The number of nitrogens with zero attached hydrogens (tertiary/aromatic N) is 2. The van der Waals surface area contributed by atoms with Crippen molar-refractivity contribution in [3.63, 3.8) is 0 Å². The summed E-state index contributed by atoms with van der Waals surface area (Å²) in [6.07, 6.45) is 0.111. The molecule has 0 aliphatic heterocycles. The number of rotatable bonds is 5. The molecule has 0 saturated carbocycles. The number of hydrogen-bond donors (Lipinski definition) is 0. The molecule has 1 aromatic rings. The maximum Gasteiger partial charge on any atom is 0.325 e. The van der Waals surface area contributed by atoms with E-state index in [1.165, 1.54) is 12.0 Å². The highest BCUT2D eigenvalue weighted by atomic mass is 16.5. The molecule has 0 bridgehead atoms. The van der Waals surface area contributed by atoms with E-state index in [0.29, 0.717) is 12.1 Å². The summed E-state index contributed by atoms with van der Waals surface area (Å²) in [5.41, 5.74) is 3.13. The number of ether oxygens (including phenoxy) is 1. The highest BCUT2D eigenvalue weighted by Gasteiger charge is 2.19. The average molecular weight is 288 g/mol. The second-order valence-corrected chi connectivity index (χ2v) is 4.88. The Bertz CT molecular complexity index is 588. The molecule has 0 N–H and O–H groups in total. The minimum atomic E-state index is -0.452. The fourth-order valence-electron chi connectivity index (χ4n) is 2.19. The normalized spacial score (nSPS) is 9.86. The van der Waals surface area contributed by atoms with Crippen LogP contribution in [0.5, 0.6) is 0 Å². The molecule has 5 heteroatoms. The van der Waals surface area contributed by atoms with Gasteiger partial charge in [-0.3, -0.25) is 9.59 Å². The lowest BCUT2D eigenvalue weighted by molar-refractivity contribution is -0.146. The van der Waals surface area contributed by atoms with E-state index in [-0.39, 0.29) is 18.9 Å². The summed E-state index contributed by atoms with van der Waals surface area (Å²) in [5.74, 6) is -0.641. The molecule has 0 fully saturated rings. The van der Waals surface area contributed by atoms with Crippen LogP contribution >= 0.6 is 0 Å². The van der Waals surface area contributed by atoms with Gasteiger partial charge in [-0.2, -0.15) is 5.26 Å².